The highest BCUT2D eigenvalue weighted by Crippen LogP contribution is 2.13. The predicted molar refractivity (Wildman–Crippen MR) is 77.9 cm³/mol. The van der Waals surface area contributed by atoms with Gasteiger partial charge in [-0.05, 0) is 24.3 Å². The summed E-state index contributed by atoms with van der Waals surface area (Å²) in [6.45, 7) is 0. The molecule has 1 aromatic heterocycles. The number of hydrogen-bond acceptors (Lipinski definition) is 2. The van der Waals surface area contributed by atoms with Crippen molar-refractivity contribution in [2.45, 2.75) is 0 Å². The lowest BCUT2D eigenvalue weighted by molar-refractivity contribution is 0.102. The van der Waals surface area contributed by atoms with Gasteiger partial charge in [-0.3, -0.25) is 4.79 Å². The fourth-order valence-corrected chi connectivity index (χ4v) is 1.99. The Bertz CT molecular complexity index is 795. The molecule has 22 heavy (non-hydrogen) atoms. The molecule has 0 spiro atoms. The number of nitrogens with zero attached hydrogens (tertiary/aromatic N) is 2. The second kappa shape index (κ2) is 5.77. The number of amides is 1. The molecule has 0 unspecified atom stereocenters. The lowest BCUT2D eigenvalue weighted by Gasteiger charge is -2.03. The Morgan fingerprint density at radius 2 is 1.68 bits per heavy atom. The van der Waals surface area contributed by atoms with Crippen LogP contribution in [-0.4, -0.2) is 15.7 Å². The fourth-order valence-electron chi connectivity index (χ4n) is 1.99. The molecule has 0 atom stereocenters. The second-order valence-corrected chi connectivity index (χ2v) is 4.59. The zero-order chi connectivity index (χ0) is 15.5. The van der Waals surface area contributed by atoms with Crippen molar-refractivity contribution in [1.82, 2.24) is 9.78 Å². The Hall–Kier alpha value is -3.02. The van der Waals surface area contributed by atoms with Crippen molar-refractivity contribution in [2.75, 3.05) is 5.32 Å². The summed E-state index contributed by atoms with van der Waals surface area (Å²) in [5, 5.41) is 6.69. The molecule has 3 aromatic rings. The molecule has 6 heteroatoms. The monoisotopic (exact) mass is 299 g/mol. The maximum atomic E-state index is 13.1. The van der Waals surface area contributed by atoms with Gasteiger partial charge in [0.05, 0.1) is 5.69 Å². The minimum Gasteiger partial charge on any atom is -0.305 e. The van der Waals surface area contributed by atoms with E-state index < -0.39 is 17.5 Å². The first-order chi connectivity index (χ1) is 10.6. The van der Waals surface area contributed by atoms with E-state index in [-0.39, 0.29) is 5.56 Å². The van der Waals surface area contributed by atoms with E-state index in [9.17, 15) is 13.6 Å². The molecular weight excluding hydrogens is 288 g/mol. The van der Waals surface area contributed by atoms with Gasteiger partial charge in [0.15, 0.2) is 5.82 Å². The summed E-state index contributed by atoms with van der Waals surface area (Å²) in [7, 11) is 0. The molecule has 0 aliphatic carbocycles. The zero-order valence-corrected chi connectivity index (χ0v) is 11.3. The Morgan fingerprint density at radius 1 is 1.00 bits per heavy atom. The van der Waals surface area contributed by atoms with Crippen LogP contribution in [0.2, 0.25) is 0 Å². The fraction of sp³-hybridized carbons (Fsp3) is 0. The maximum Gasteiger partial charge on any atom is 0.257 e. The van der Waals surface area contributed by atoms with Crippen LogP contribution >= 0.6 is 0 Å². The summed E-state index contributed by atoms with van der Waals surface area (Å²) in [5.41, 5.74) is 0.728. The van der Waals surface area contributed by atoms with Crippen LogP contribution in [0.4, 0.5) is 14.6 Å². The van der Waals surface area contributed by atoms with Crippen LogP contribution in [0, 0.1) is 11.6 Å². The lowest BCUT2D eigenvalue weighted by atomic mass is 10.2. The van der Waals surface area contributed by atoms with Crippen LogP contribution in [0.15, 0.2) is 60.8 Å². The summed E-state index contributed by atoms with van der Waals surface area (Å²) in [6, 6.07) is 13.6. The van der Waals surface area contributed by atoms with Gasteiger partial charge in [-0.1, -0.05) is 18.2 Å². The molecule has 1 heterocycles. The highest BCUT2D eigenvalue weighted by molar-refractivity contribution is 6.03. The van der Waals surface area contributed by atoms with E-state index in [1.165, 1.54) is 0 Å². The van der Waals surface area contributed by atoms with E-state index in [0.29, 0.717) is 11.9 Å². The van der Waals surface area contributed by atoms with Gasteiger partial charge in [0, 0.05) is 23.9 Å². The third-order valence-electron chi connectivity index (χ3n) is 2.98. The van der Waals surface area contributed by atoms with Crippen molar-refractivity contribution < 1.29 is 13.6 Å². The van der Waals surface area contributed by atoms with Crippen LogP contribution in [-0.2, 0) is 0 Å². The summed E-state index contributed by atoms with van der Waals surface area (Å²) in [6.07, 6.45) is 1.68. The minimum absolute atomic E-state index is 0.105. The molecule has 0 saturated heterocycles. The number of carbonyl (C=O) groups is 1. The Kier molecular flexibility index (Phi) is 3.65. The van der Waals surface area contributed by atoms with Crippen LogP contribution < -0.4 is 5.32 Å². The van der Waals surface area contributed by atoms with Gasteiger partial charge in [0.1, 0.15) is 11.6 Å². The molecule has 0 saturated carbocycles. The second-order valence-electron chi connectivity index (χ2n) is 4.59. The van der Waals surface area contributed by atoms with E-state index in [2.05, 4.69) is 10.4 Å². The van der Waals surface area contributed by atoms with Gasteiger partial charge in [-0.15, -0.1) is 0 Å². The van der Waals surface area contributed by atoms with Crippen molar-refractivity contribution >= 4 is 11.7 Å². The summed E-state index contributed by atoms with van der Waals surface area (Å²) >= 11 is 0. The van der Waals surface area contributed by atoms with Gasteiger partial charge < -0.3 is 5.32 Å². The van der Waals surface area contributed by atoms with Crippen LogP contribution in [0.3, 0.4) is 0 Å². The Morgan fingerprint density at radius 3 is 2.36 bits per heavy atom. The largest absolute Gasteiger partial charge is 0.305 e. The number of anilines is 1. The number of rotatable bonds is 3. The number of nitrogens with one attached hydrogen (secondary N) is 1. The SMILES string of the molecule is O=C(Nc1ccn(-c2ccccc2)n1)c1cc(F)cc(F)c1. The van der Waals surface area contributed by atoms with E-state index in [1.54, 1.807) is 16.9 Å². The first-order valence-electron chi connectivity index (χ1n) is 6.50. The first-order valence-corrected chi connectivity index (χ1v) is 6.50. The molecule has 0 radical (unpaired) electrons. The highest BCUT2D eigenvalue weighted by atomic mass is 19.1. The number of benzene rings is 2. The normalized spacial score (nSPS) is 10.5. The lowest BCUT2D eigenvalue weighted by Crippen LogP contribution is -2.13. The molecule has 0 aliphatic heterocycles. The molecule has 0 bridgehead atoms. The number of halogens is 2. The van der Waals surface area contributed by atoms with E-state index in [1.807, 2.05) is 30.3 Å². The molecule has 4 nitrogen and oxygen atoms in total. The average molecular weight is 299 g/mol. The van der Waals surface area contributed by atoms with Gasteiger partial charge >= 0.3 is 0 Å². The molecule has 1 amide bonds. The molecule has 3 rings (SSSR count). The van der Waals surface area contributed by atoms with Gasteiger partial charge in [-0.2, -0.15) is 5.10 Å². The summed E-state index contributed by atoms with van der Waals surface area (Å²) in [4.78, 5) is 12.0. The van der Waals surface area contributed by atoms with Crippen molar-refractivity contribution in [3.8, 4) is 5.69 Å². The third-order valence-corrected chi connectivity index (χ3v) is 2.98. The molecule has 0 aliphatic rings. The molecular formula is C16H11F2N3O. The first kappa shape index (κ1) is 13.9. The van der Waals surface area contributed by atoms with Crippen LogP contribution in [0.25, 0.3) is 5.69 Å². The number of carbonyl (C=O) groups excluding carboxylic acids is 1. The average Bonchev–Trinajstić information content (AvgIpc) is 2.95. The zero-order valence-electron chi connectivity index (χ0n) is 11.3. The van der Waals surface area contributed by atoms with Crippen molar-refractivity contribution in [3.05, 3.63) is 78.0 Å². The van der Waals surface area contributed by atoms with E-state index in [0.717, 1.165) is 17.8 Å². The standard InChI is InChI=1S/C16H11F2N3O/c17-12-8-11(9-13(18)10-12)16(22)19-15-6-7-21(20-15)14-4-2-1-3-5-14/h1-10H,(H,19,20,22). The van der Waals surface area contributed by atoms with Crippen LogP contribution in [0.1, 0.15) is 10.4 Å². The maximum absolute atomic E-state index is 13.1. The molecule has 1 N–H and O–H groups in total. The van der Waals surface area contributed by atoms with Gasteiger partial charge in [0.25, 0.3) is 5.91 Å². The molecule has 110 valence electrons. The molecule has 2 aromatic carbocycles. The number of hydrogen-bond donors (Lipinski definition) is 1. The van der Waals surface area contributed by atoms with Crippen LogP contribution in [0.5, 0.6) is 0 Å². The Labute approximate surface area is 125 Å². The van der Waals surface area contributed by atoms with Crippen molar-refractivity contribution in [3.63, 3.8) is 0 Å². The number of aromatic nitrogens is 2. The van der Waals surface area contributed by atoms with E-state index in [4.69, 9.17) is 0 Å². The topological polar surface area (TPSA) is 46.9 Å². The van der Waals surface area contributed by atoms with Crippen molar-refractivity contribution in [2.24, 2.45) is 0 Å². The quantitative estimate of drug-likeness (QED) is 0.805. The third kappa shape index (κ3) is 3.01. The minimum atomic E-state index is -0.806. The van der Waals surface area contributed by atoms with Gasteiger partial charge in [-0.25, -0.2) is 13.5 Å². The Balaban J connectivity index is 1.79. The number of para-hydroxylation sites is 1. The van der Waals surface area contributed by atoms with E-state index >= 15 is 0 Å². The summed E-state index contributed by atoms with van der Waals surface area (Å²) in [5.74, 6) is -1.95. The van der Waals surface area contributed by atoms with Gasteiger partial charge in [0.2, 0.25) is 0 Å². The van der Waals surface area contributed by atoms with Crippen molar-refractivity contribution in [1.29, 1.82) is 0 Å². The summed E-state index contributed by atoms with van der Waals surface area (Å²) < 4.78 is 27.8. The predicted octanol–water partition coefficient (Wildman–Crippen LogP) is 3.40. The smallest absolute Gasteiger partial charge is 0.257 e. The molecule has 0 fully saturated rings. The highest BCUT2D eigenvalue weighted by Gasteiger charge is 2.11.